The van der Waals surface area contributed by atoms with Crippen molar-refractivity contribution in [3.05, 3.63) is 64.2 Å². The number of carbonyl (C=O) groups is 1. The van der Waals surface area contributed by atoms with E-state index in [1.807, 2.05) is 50.2 Å². The van der Waals surface area contributed by atoms with Gasteiger partial charge in [-0.15, -0.1) is 0 Å². The fraction of sp³-hybridized carbons (Fsp3) is 0.316. The average molecular weight is 347 g/mol. The number of benzene rings is 2. The highest BCUT2D eigenvalue weighted by Crippen LogP contribution is 2.25. The van der Waals surface area contributed by atoms with E-state index in [0.717, 1.165) is 22.4 Å². The minimum absolute atomic E-state index is 0.0109. The standard InChI is InChI=1S/C19H23ClN2O2/c1-13-7-8-18(24-3)17(9-13)14(2)21-12-19(23)22-11-15-5-4-6-16(20)10-15/h4-10,14,21H,11-12H2,1-3H3,(H,22,23)/t14-/m0/s1. The highest BCUT2D eigenvalue weighted by Gasteiger charge is 2.12. The average Bonchev–Trinajstić information content (AvgIpc) is 2.58. The van der Waals surface area contributed by atoms with Gasteiger partial charge in [0, 0.05) is 23.2 Å². The summed E-state index contributed by atoms with van der Waals surface area (Å²) in [7, 11) is 1.65. The Morgan fingerprint density at radius 2 is 2.04 bits per heavy atom. The van der Waals surface area contributed by atoms with Crippen molar-refractivity contribution < 1.29 is 9.53 Å². The molecule has 0 aromatic heterocycles. The van der Waals surface area contributed by atoms with Gasteiger partial charge in [0.15, 0.2) is 0 Å². The number of hydrogen-bond donors (Lipinski definition) is 2. The van der Waals surface area contributed by atoms with E-state index in [9.17, 15) is 4.79 Å². The summed E-state index contributed by atoms with van der Waals surface area (Å²) in [6.07, 6.45) is 0. The van der Waals surface area contributed by atoms with Crippen molar-refractivity contribution in [1.29, 1.82) is 0 Å². The molecule has 0 unspecified atom stereocenters. The smallest absolute Gasteiger partial charge is 0.234 e. The molecule has 0 radical (unpaired) electrons. The number of hydrogen-bond acceptors (Lipinski definition) is 3. The second-order valence-corrected chi connectivity index (χ2v) is 6.19. The molecule has 0 aliphatic rings. The van der Waals surface area contributed by atoms with Gasteiger partial charge in [-0.05, 0) is 37.6 Å². The van der Waals surface area contributed by atoms with Crippen LogP contribution in [0.2, 0.25) is 5.02 Å². The van der Waals surface area contributed by atoms with E-state index in [1.54, 1.807) is 7.11 Å². The summed E-state index contributed by atoms with van der Waals surface area (Å²) in [5.74, 6) is 0.758. The lowest BCUT2D eigenvalue weighted by molar-refractivity contribution is -0.120. The second kappa shape index (κ2) is 8.71. The first kappa shape index (κ1) is 18.3. The molecule has 4 nitrogen and oxygen atoms in total. The van der Waals surface area contributed by atoms with Crippen molar-refractivity contribution in [1.82, 2.24) is 10.6 Å². The van der Waals surface area contributed by atoms with E-state index in [1.165, 1.54) is 0 Å². The van der Waals surface area contributed by atoms with E-state index in [-0.39, 0.29) is 18.5 Å². The van der Waals surface area contributed by atoms with Crippen LogP contribution >= 0.6 is 11.6 Å². The molecule has 0 spiro atoms. The molecule has 0 bridgehead atoms. The molecule has 24 heavy (non-hydrogen) atoms. The summed E-state index contributed by atoms with van der Waals surface area (Å²) < 4.78 is 5.39. The van der Waals surface area contributed by atoms with Gasteiger partial charge < -0.3 is 15.4 Å². The fourth-order valence-corrected chi connectivity index (χ4v) is 2.67. The van der Waals surface area contributed by atoms with Crippen molar-refractivity contribution in [2.45, 2.75) is 26.4 Å². The Hall–Kier alpha value is -2.04. The highest BCUT2D eigenvalue weighted by molar-refractivity contribution is 6.30. The summed E-state index contributed by atoms with van der Waals surface area (Å²) in [6.45, 7) is 4.75. The van der Waals surface area contributed by atoms with Crippen molar-refractivity contribution in [2.24, 2.45) is 0 Å². The number of nitrogens with one attached hydrogen (secondary N) is 2. The molecule has 0 heterocycles. The minimum atomic E-state index is -0.0616. The first-order valence-corrected chi connectivity index (χ1v) is 8.26. The van der Waals surface area contributed by atoms with E-state index < -0.39 is 0 Å². The summed E-state index contributed by atoms with van der Waals surface area (Å²) in [5.41, 5.74) is 3.18. The van der Waals surface area contributed by atoms with Crippen LogP contribution in [0, 0.1) is 6.92 Å². The number of halogens is 1. The predicted molar refractivity (Wildman–Crippen MR) is 97.4 cm³/mol. The third-order valence-corrected chi connectivity index (χ3v) is 4.03. The number of ether oxygens (including phenoxy) is 1. The third-order valence-electron chi connectivity index (χ3n) is 3.80. The van der Waals surface area contributed by atoms with Gasteiger partial charge in [-0.1, -0.05) is 41.4 Å². The Morgan fingerprint density at radius 1 is 1.25 bits per heavy atom. The first-order valence-electron chi connectivity index (χ1n) is 7.88. The van der Waals surface area contributed by atoms with Crippen LogP contribution in [0.15, 0.2) is 42.5 Å². The van der Waals surface area contributed by atoms with Gasteiger partial charge in [0.1, 0.15) is 5.75 Å². The van der Waals surface area contributed by atoms with E-state index in [0.29, 0.717) is 11.6 Å². The molecule has 2 rings (SSSR count). The summed E-state index contributed by atoms with van der Waals surface area (Å²) in [5, 5.41) is 6.78. The molecule has 0 saturated heterocycles. The zero-order valence-electron chi connectivity index (χ0n) is 14.2. The van der Waals surface area contributed by atoms with Crippen LogP contribution in [0.1, 0.15) is 29.7 Å². The maximum absolute atomic E-state index is 12.0. The quantitative estimate of drug-likeness (QED) is 0.805. The number of aryl methyl sites for hydroxylation is 1. The lowest BCUT2D eigenvalue weighted by Crippen LogP contribution is -2.34. The minimum Gasteiger partial charge on any atom is -0.496 e. The van der Waals surface area contributed by atoms with Gasteiger partial charge in [0.2, 0.25) is 5.91 Å². The van der Waals surface area contributed by atoms with Gasteiger partial charge in [-0.25, -0.2) is 0 Å². The van der Waals surface area contributed by atoms with Crippen molar-refractivity contribution in [3.8, 4) is 5.75 Å². The monoisotopic (exact) mass is 346 g/mol. The van der Waals surface area contributed by atoms with Crippen LogP contribution in [0.3, 0.4) is 0 Å². The molecule has 5 heteroatoms. The van der Waals surface area contributed by atoms with Crippen LogP contribution < -0.4 is 15.4 Å². The zero-order valence-corrected chi connectivity index (χ0v) is 15.0. The molecular formula is C19H23ClN2O2. The third kappa shape index (κ3) is 5.25. The topological polar surface area (TPSA) is 50.4 Å². The highest BCUT2D eigenvalue weighted by atomic mass is 35.5. The number of amides is 1. The zero-order chi connectivity index (χ0) is 17.5. The van der Waals surface area contributed by atoms with Crippen LogP contribution in [0.4, 0.5) is 0 Å². The molecule has 128 valence electrons. The molecular weight excluding hydrogens is 324 g/mol. The molecule has 0 saturated carbocycles. The lowest BCUT2D eigenvalue weighted by atomic mass is 10.0. The van der Waals surface area contributed by atoms with Crippen molar-refractivity contribution in [3.63, 3.8) is 0 Å². The van der Waals surface area contributed by atoms with Crippen molar-refractivity contribution in [2.75, 3.05) is 13.7 Å². The molecule has 0 aliphatic heterocycles. The molecule has 2 aromatic carbocycles. The molecule has 1 atom stereocenters. The Balaban J connectivity index is 1.86. The summed E-state index contributed by atoms with van der Waals surface area (Å²) >= 11 is 5.94. The maximum atomic E-state index is 12.0. The van der Waals surface area contributed by atoms with Crippen LogP contribution in [0.25, 0.3) is 0 Å². The van der Waals surface area contributed by atoms with E-state index in [2.05, 4.69) is 16.7 Å². The van der Waals surface area contributed by atoms with Crippen LogP contribution in [-0.2, 0) is 11.3 Å². The summed E-state index contributed by atoms with van der Waals surface area (Å²) in [4.78, 5) is 12.0. The van der Waals surface area contributed by atoms with Gasteiger partial charge >= 0.3 is 0 Å². The molecule has 1 amide bonds. The Morgan fingerprint density at radius 3 is 2.75 bits per heavy atom. The number of carbonyl (C=O) groups excluding carboxylic acids is 1. The Bertz CT molecular complexity index is 704. The molecule has 2 aromatic rings. The largest absolute Gasteiger partial charge is 0.496 e. The summed E-state index contributed by atoms with van der Waals surface area (Å²) in [6, 6.07) is 13.5. The Kier molecular flexibility index (Phi) is 6.64. The second-order valence-electron chi connectivity index (χ2n) is 5.75. The lowest BCUT2D eigenvalue weighted by Gasteiger charge is -2.18. The van der Waals surface area contributed by atoms with Gasteiger partial charge in [0.05, 0.1) is 13.7 Å². The van der Waals surface area contributed by atoms with Gasteiger partial charge in [-0.2, -0.15) is 0 Å². The van der Waals surface area contributed by atoms with Gasteiger partial charge in [0.25, 0.3) is 0 Å². The maximum Gasteiger partial charge on any atom is 0.234 e. The predicted octanol–water partition coefficient (Wildman–Crippen LogP) is 3.62. The SMILES string of the molecule is COc1ccc(C)cc1[C@H](C)NCC(=O)NCc1cccc(Cl)c1. The van der Waals surface area contributed by atoms with E-state index >= 15 is 0 Å². The van der Waals surface area contributed by atoms with Gasteiger partial charge in [-0.3, -0.25) is 4.79 Å². The molecule has 0 aliphatic carbocycles. The number of methoxy groups -OCH3 is 1. The molecule has 2 N–H and O–H groups in total. The number of rotatable bonds is 7. The van der Waals surface area contributed by atoms with E-state index in [4.69, 9.17) is 16.3 Å². The Labute approximate surface area is 148 Å². The molecule has 0 fully saturated rings. The van der Waals surface area contributed by atoms with Crippen LogP contribution in [-0.4, -0.2) is 19.6 Å². The normalized spacial score (nSPS) is 11.8. The fourth-order valence-electron chi connectivity index (χ4n) is 2.46. The van der Waals surface area contributed by atoms with Crippen LogP contribution in [0.5, 0.6) is 5.75 Å². The first-order chi connectivity index (χ1) is 11.5. The van der Waals surface area contributed by atoms with Crippen molar-refractivity contribution >= 4 is 17.5 Å².